The van der Waals surface area contributed by atoms with Gasteiger partial charge in [0, 0.05) is 35.4 Å². The fraction of sp³-hybridized carbons (Fsp3) is 0.300. The van der Waals surface area contributed by atoms with Crippen LogP contribution >= 0.6 is 15.9 Å². The number of nitrogens with zero attached hydrogens (tertiary/aromatic N) is 1. The summed E-state index contributed by atoms with van der Waals surface area (Å²) in [5.41, 5.74) is 4.70. The number of aryl methyl sites for hydroxylation is 1. The Hall–Kier alpha value is -3.65. The van der Waals surface area contributed by atoms with Gasteiger partial charge in [-0.2, -0.15) is 0 Å². The smallest absolute Gasteiger partial charge is 0.262 e. The normalized spacial score (nSPS) is 15.0. The molecule has 3 aromatic rings. The highest BCUT2D eigenvalue weighted by molar-refractivity contribution is 9.10. The molecule has 0 aromatic heterocycles. The molecule has 3 aromatic carbocycles. The fourth-order valence-corrected chi connectivity index (χ4v) is 4.52. The number of ether oxygens (including phenoxy) is 1. The van der Waals surface area contributed by atoms with E-state index in [1.807, 2.05) is 37.3 Å². The third kappa shape index (κ3) is 7.01. The van der Waals surface area contributed by atoms with Crippen LogP contribution in [0.1, 0.15) is 42.9 Å². The highest BCUT2D eigenvalue weighted by Crippen LogP contribution is 2.27. The van der Waals surface area contributed by atoms with E-state index in [-0.39, 0.29) is 30.7 Å². The lowest BCUT2D eigenvalue weighted by molar-refractivity contribution is -0.126. The van der Waals surface area contributed by atoms with E-state index in [0.717, 1.165) is 15.6 Å². The van der Waals surface area contributed by atoms with E-state index < -0.39 is 5.92 Å². The monoisotopic (exact) mass is 577 g/mol. The van der Waals surface area contributed by atoms with Crippen molar-refractivity contribution in [3.8, 4) is 5.75 Å². The molecule has 0 unspecified atom stereocenters. The third-order valence-corrected chi connectivity index (χ3v) is 7.46. The minimum absolute atomic E-state index is 0.0933. The molecular weight excluding hydrogens is 546 g/mol. The molecule has 0 bridgehead atoms. The lowest BCUT2D eigenvalue weighted by atomic mass is 10.0. The highest BCUT2D eigenvalue weighted by atomic mass is 79.9. The first-order valence-electron chi connectivity index (χ1n) is 12.7. The Bertz CT molecular complexity index is 1310. The van der Waals surface area contributed by atoms with Crippen LogP contribution in [-0.4, -0.2) is 30.9 Å². The van der Waals surface area contributed by atoms with Gasteiger partial charge in [-0.05, 0) is 72.0 Å². The van der Waals surface area contributed by atoms with E-state index in [9.17, 15) is 14.4 Å². The van der Waals surface area contributed by atoms with Gasteiger partial charge in [0.2, 0.25) is 11.8 Å². The van der Waals surface area contributed by atoms with Gasteiger partial charge in [0.25, 0.3) is 5.91 Å². The lowest BCUT2D eigenvalue weighted by Gasteiger charge is -2.17. The summed E-state index contributed by atoms with van der Waals surface area (Å²) in [5, 5.41) is 5.77. The van der Waals surface area contributed by atoms with Crippen molar-refractivity contribution in [3.05, 3.63) is 87.9 Å². The largest absolute Gasteiger partial charge is 0.484 e. The average Bonchev–Trinajstić information content (AvgIpc) is 3.30. The second-order valence-corrected chi connectivity index (χ2v) is 10.7. The van der Waals surface area contributed by atoms with Crippen molar-refractivity contribution in [3.63, 3.8) is 0 Å². The number of carbonyl (C=O) groups is 3. The van der Waals surface area contributed by atoms with Gasteiger partial charge >= 0.3 is 0 Å². The maximum atomic E-state index is 12.7. The van der Waals surface area contributed by atoms with E-state index in [0.29, 0.717) is 36.1 Å². The summed E-state index contributed by atoms with van der Waals surface area (Å²) in [7, 11) is 0. The number of halogens is 1. The molecule has 0 aliphatic carbocycles. The van der Waals surface area contributed by atoms with Crippen LogP contribution < -0.4 is 20.3 Å². The summed E-state index contributed by atoms with van der Waals surface area (Å²) in [6.07, 6.45) is 0.173. The number of anilines is 2. The predicted octanol–water partition coefficient (Wildman–Crippen LogP) is 5.57. The SMILES string of the molecule is Cc1cc(NC(=O)COc2ccc(N3C[C@@H](C(=O)NCc4ccc(C(C)C)cc4)CC3=O)cc2)ccc1Br. The molecule has 1 saturated heterocycles. The van der Waals surface area contributed by atoms with E-state index in [1.165, 1.54) is 5.56 Å². The van der Waals surface area contributed by atoms with Gasteiger partial charge in [0.05, 0.1) is 5.92 Å². The van der Waals surface area contributed by atoms with E-state index >= 15 is 0 Å². The first-order chi connectivity index (χ1) is 18.2. The molecule has 0 radical (unpaired) electrons. The molecule has 7 nitrogen and oxygen atoms in total. The Morgan fingerprint density at radius 2 is 1.76 bits per heavy atom. The average molecular weight is 579 g/mol. The molecule has 198 valence electrons. The van der Waals surface area contributed by atoms with Gasteiger partial charge in [-0.1, -0.05) is 54.0 Å². The van der Waals surface area contributed by atoms with Gasteiger partial charge in [-0.15, -0.1) is 0 Å². The van der Waals surface area contributed by atoms with Crippen molar-refractivity contribution in [1.29, 1.82) is 0 Å². The Labute approximate surface area is 231 Å². The minimum Gasteiger partial charge on any atom is -0.484 e. The standard InChI is InChI=1S/C30H32BrN3O4/c1-19(2)22-6-4-21(5-7-22)16-32-30(37)23-15-29(36)34(17-23)25-9-11-26(12-10-25)38-18-28(35)33-24-8-13-27(31)20(3)14-24/h4-14,19,23H,15-18H2,1-3H3,(H,32,37)(H,33,35)/t23-/m0/s1. The molecule has 38 heavy (non-hydrogen) atoms. The molecule has 1 fully saturated rings. The summed E-state index contributed by atoms with van der Waals surface area (Å²) in [6, 6.07) is 20.7. The second kappa shape index (κ2) is 12.3. The van der Waals surface area contributed by atoms with Crippen LogP contribution in [0.4, 0.5) is 11.4 Å². The summed E-state index contributed by atoms with van der Waals surface area (Å²) in [6.45, 7) is 6.86. The maximum Gasteiger partial charge on any atom is 0.262 e. The zero-order valence-electron chi connectivity index (χ0n) is 21.8. The van der Waals surface area contributed by atoms with Gasteiger partial charge in [-0.25, -0.2) is 0 Å². The Morgan fingerprint density at radius 1 is 1.05 bits per heavy atom. The summed E-state index contributed by atoms with van der Waals surface area (Å²) >= 11 is 3.44. The number of nitrogens with one attached hydrogen (secondary N) is 2. The fourth-order valence-electron chi connectivity index (χ4n) is 4.28. The molecule has 1 aliphatic heterocycles. The van der Waals surface area contributed by atoms with Crippen LogP contribution in [0.25, 0.3) is 0 Å². The number of benzene rings is 3. The quantitative estimate of drug-likeness (QED) is 0.348. The van der Waals surface area contributed by atoms with Crippen molar-refractivity contribution < 1.29 is 19.1 Å². The van der Waals surface area contributed by atoms with Gasteiger partial charge in [-0.3, -0.25) is 14.4 Å². The van der Waals surface area contributed by atoms with Crippen LogP contribution in [0, 0.1) is 12.8 Å². The lowest BCUT2D eigenvalue weighted by Crippen LogP contribution is -2.32. The minimum atomic E-state index is -0.403. The summed E-state index contributed by atoms with van der Waals surface area (Å²) in [5.74, 6) is 0.0844. The molecule has 0 spiro atoms. The van der Waals surface area contributed by atoms with Crippen LogP contribution in [-0.2, 0) is 20.9 Å². The van der Waals surface area contributed by atoms with Gasteiger partial charge in [0.15, 0.2) is 6.61 Å². The maximum absolute atomic E-state index is 12.7. The first-order valence-corrected chi connectivity index (χ1v) is 13.4. The Morgan fingerprint density at radius 3 is 2.42 bits per heavy atom. The molecule has 3 amide bonds. The Balaban J connectivity index is 1.25. The molecule has 0 saturated carbocycles. The third-order valence-electron chi connectivity index (χ3n) is 6.57. The second-order valence-electron chi connectivity index (χ2n) is 9.81. The summed E-state index contributed by atoms with van der Waals surface area (Å²) < 4.78 is 6.58. The first kappa shape index (κ1) is 27.4. The molecule has 1 atom stereocenters. The van der Waals surface area contributed by atoms with Crippen LogP contribution in [0.5, 0.6) is 5.75 Å². The van der Waals surface area contributed by atoms with Crippen molar-refractivity contribution in [2.24, 2.45) is 5.92 Å². The van der Waals surface area contributed by atoms with E-state index in [2.05, 4.69) is 52.5 Å². The molecular formula is C30H32BrN3O4. The van der Waals surface area contributed by atoms with E-state index in [1.54, 1.807) is 29.2 Å². The number of rotatable bonds is 9. The molecule has 4 rings (SSSR count). The van der Waals surface area contributed by atoms with E-state index in [4.69, 9.17) is 4.74 Å². The molecule has 2 N–H and O–H groups in total. The number of hydrogen-bond acceptors (Lipinski definition) is 4. The number of hydrogen-bond donors (Lipinski definition) is 2. The summed E-state index contributed by atoms with van der Waals surface area (Å²) in [4.78, 5) is 39.2. The van der Waals surface area contributed by atoms with Gasteiger partial charge in [0.1, 0.15) is 5.75 Å². The highest BCUT2D eigenvalue weighted by Gasteiger charge is 2.35. The zero-order chi connectivity index (χ0) is 27.2. The van der Waals surface area contributed by atoms with Crippen LogP contribution in [0.15, 0.2) is 71.2 Å². The van der Waals surface area contributed by atoms with Crippen molar-refractivity contribution >= 4 is 45.0 Å². The molecule has 8 heteroatoms. The number of amides is 3. The van der Waals surface area contributed by atoms with Crippen molar-refractivity contribution in [2.45, 2.75) is 39.7 Å². The van der Waals surface area contributed by atoms with Crippen molar-refractivity contribution in [1.82, 2.24) is 5.32 Å². The topological polar surface area (TPSA) is 87.7 Å². The Kier molecular flexibility index (Phi) is 8.84. The molecule has 1 heterocycles. The molecule has 1 aliphatic rings. The number of carbonyl (C=O) groups excluding carboxylic acids is 3. The van der Waals surface area contributed by atoms with Crippen molar-refractivity contribution in [2.75, 3.05) is 23.4 Å². The van der Waals surface area contributed by atoms with Crippen LogP contribution in [0.3, 0.4) is 0 Å². The van der Waals surface area contributed by atoms with Gasteiger partial charge < -0.3 is 20.3 Å². The predicted molar refractivity (Wildman–Crippen MR) is 152 cm³/mol. The van der Waals surface area contributed by atoms with Crippen LogP contribution in [0.2, 0.25) is 0 Å². The zero-order valence-corrected chi connectivity index (χ0v) is 23.4.